The molecule has 4 heteroatoms. The van der Waals surface area contributed by atoms with Crippen LogP contribution in [-0.2, 0) is 0 Å². The molecular formula is C39H26N4. The molecule has 0 atom stereocenters. The van der Waals surface area contributed by atoms with E-state index in [-0.39, 0.29) is 23.5 Å². The summed E-state index contributed by atoms with van der Waals surface area (Å²) in [7, 11) is 0. The molecular weight excluding hydrogens is 524 g/mol. The van der Waals surface area contributed by atoms with Gasteiger partial charge in [0.05, 0.1) is 17.9 Å². The molecule has 4 nitrogen and oxygen atoms in total. The highest BCUT2D eigenvalue weighted by atomic mass is 15.0. The van der Waals surface area contributed by atoms with Gasteiger partial charge >= 0.3 is 0 Å². The van der Waals surface area contributed by atoms with Gasteiger partial charge in [-0.2, -0.15) is 0 Å². The fourth-order valence-corrected chi connectivity index (χ4v) is 5.52. The van der Waals surface area contributed by atoms with Crippen LogP contribution in [0.25, 0.3) is 72.8 Å². The van der Waals surface area contributed by atoms with E-state index in [2.05, 4.69) is 63.1 Å². The van der Waals surface area contributed by atoms with Crippen LogP contribution in [0.2, 0.25) is 0 Å². The lowest BCUT2D eigenvalue weighted by Gasteiger charge is -2.11. The van der Waals surface area contributed by atoms with E-state index in [1.165, 1.54) is 0 Å². The molecule has 0 aliphatic carbocycles. The zero-order valence-corrected chi connectivity index (χ0v) is 22.9. The monoisotopic (exact) mass is 555 g/mol. The fourth-order valence-electron chi connectivity index (χ4n) is 5.52. The second-order valence-corrected chi connectivity index (χ2v) is 10.2. The number of fused-ring (bicyclic) bond motifs is 3. The molecule has 202 valence electrons. The molecule has 0 aliphatic rings. The zero-order chi connectivity index (χ0) is 32.9. The van der Waals surface area contributed by atoms with E-state index in [0.29, 0.717) is 22.8 Å². The van der Waals surface area contributed by atoms with Crippen LogP contribution in [-0.4, -0.2) is 19.5 Å². The van der Waals surface area contributed by atoms with Crippen LogP contribution in [0, 0.1) is 0 Å². The normalized spacial score (nSPS) is 12.9. The quantitative estimate of drug-likeness (QED) is 0.212. The van der Waals surface area contributed by atoms with Crippen molar-refractivity contribution < 1.29 is 6.85 Å². The van der Waals surface area contributed by atoms with Gasteiger partial charge in [-0.05, 0) is 53.6 Å². The molecule has 0 N–H and O–H groups in total. The van der Waals surface area contributed by atoms with Crippen LogP contribution in [0.4, 0.5) is 0 Å². The van der Waals surface area contributed by atoms with Gasteiger partial charge < -0.3 is 4.57 Å². The average molecular weight is 556 g/mol. The number of nitrogens with zero attached hydrogens (tertiary/aromatic N) is 4. The third kappa shape index (κ3) is 4.55. The molecule has 8 rings (SSSR count). The Bertz CT molecular complexity index is 2470. The van der Waals surface area contributed by atoms with Crippen LogP contribution < -0.4 is 0 Å². The predicted octanol–water partition coefficient (Wildman–Crippen LogP) is 9.64. The Morgan fingerprint density at radius 3 is 1.65 bits per heavy atom. The van der Waals surface area contributed by atoms with Crippen LogP contribution in [0.5, 0.6) is 0 Å². The van der Waals surface area contributed by atoms with Crippen molar-refractivity contribution in [2.75, 3.05) is 0 Å². The number of para-hydroxylation sites is 1. The van der Waals surface area contributed by atoms with Gasteiger partial charge in [0.25, 0.3) is 0 Å². The largest absolute Gasteiger partial charge is 0.309 e. The standard InChI is InChI=1S/C39H26N4/c1-4-12-27(13-5-1)31-22-25-36-34(26-31)33-18-10-11-19-35(33)43(36)32-23-20-30(21-24-32)39-41-37(28-14-6-2-7-15-28)40-38(42-39)29-16-8-3-9-17-29/h1-26H/i2D,6D,7D,14D,15D. The molecule has 0 unspecified atom stereocenters. The molecule has 43 heavy (non-hydrogen) atoms. The number of aromatic nitrogens is 4. The number of benzene rings is 6. The lowest BCUT2D eigenvalue weighted by molar-refractivity contribution is 1.07. The summed E-state index contributed by atoms with van der Waals surface area (Å²) < 4.78 is 43.8. The molecule has 8 aromatic rings. The van der Waals surface area contributed by atoms with E-state index in [1.54, 1.807) is 0 Å². The maximum absolute atomic E-state index is 8.55. The Hall–Kier alpha value is -5.87. The maximum atomic E-state index is 8.55. The summed E-state index contributed by atoms with van der Waals surface area (Å²) in [5.74, 6) is 0.673. The van der Waals surface area contributed by atoms with Gasteiger partial charge in [-0.15, -0.1) is 0 Å². The maximum Gasteiger partial charge on any atom is 0.164 e. The minimum absolute atomic E-state index is 0.0107. The molecule has 0 saturated heterocycles. The van der Waals surface area contributed by atoms with Gasteiger partial charge in [0.15, 0.2) is 17.5 Å². The van der Waals surface area contributed by atoms with E-state index in [0.717, 1.165) is 38.6 Å². The smallest absolute Gasteiger partial charge is 0.164 e. The van der Waals surface area contributed by atoms with Crippen molar-refractivity contribution in [1.29, 1.82) is 0 Å². The lowest BCUT2D eigenvalue weighted by atomic mass is 10.0. The molecule has 0 amide bonds. The SMILES string of the molecule is [2H]c1c([2H])c([2H])c(-c2nc(-c3ccccc3)nc(-c3ccc(-n4c5ccccc5c5cc(-c6ccccc6)ccc54)cc3)n2)c([2H])c1[2H]. The van der Waals surface area contributed by atoms with Gasteiger partial charge in [-0.1, -0.05) is 115 Å². The van der Waals surface area contributed by atoms with E-state index in [4.69, 9.17) is 11.8 Å². The summed E-state index contributed by atoms with van der Waals surface area (Å²) >= 11 is 0. The average Bonchev–Trinajstić information content (AvgIpc) is 3.47. The van der Waals surface area contributed by atoms with E-state index in [1.807, 2.05) is 78.9 Å². The van der Waals surface area contributed by atoms with Gasteiger partial charge in [0, 0.05) is 33.2 Å². The van der Waals surface area contributed by atoms with Crippen LogP contribution >= 0.6 is 0 Å². The van der Waals surface area contributed by atoms with Gasteiger partial charge in [-0.3, -0.25) is 0 Å². The molecule has 0 saturated carbocycles. The number of hydrogen-bond acceptors (Lipinski definition) is 3. The lowest BCUT2D eigenvalue weighted by Crippen LogP contribution is -2.00. The summed E-state index contributed by atoms with van der Waals surface area (Å²) in [6.07, 6.45) is 0. The van der Waals surface area contributed by atoms with E-state index >= 15 is 0 Å². The van der Waals surface area contributed by atoms with Crippen molar-refractivity contribution in [2.24, 2.45) is 0 Å². The molecule has 2 aromatic heterocycles. The number of rotatable bonds is 5. The summed E-state index contributed by atoms with van der Waals surface area (Å²) in [6.45, 7) is 0. The Balaban J connectivity index is 1.27. The van der Waals surface area contributed by atoms with Gasteiger partial charge in [-0.25, -0.2) is 15.0 Å². The highest BCUT2D eigenvalue weighted by Gasteiger charge is 2.15. The fraction of sp³-hybridized carbons (Fsp3) is 0. The van der Waals surface area contributed by atoms with Crippen molar-refractivity contribution in [1.82, 2.24) is 19.5 Å². The first kappa shape index (κ1) is 20.1. The first-order valence-electron chi connectivity index (χ1n) is 16.5. The zero-order valence-electron chi connectivity index (χ0n) is 27.9. The van der Waals surface area contributed by atoms with E-state index < -0.39 is 18.1 Å². The molecule has 0 aliphatic heterocycles. The molecule has 6 aromatic carbocycles. The van der Waals surface area contributed by atoms with Gasteiger partial charge in [0.1, 0.15) is 0 Å². The summed E-state index contributed by atoms with van der Waals surface area (Å²) in [6, 6.07) is 40.4. The molecule has 0 bridgehead atoms. The van der Waals surface area contributed by atoms with E-state index in [9.17, 15) is 0 Å². The Kier molecular flexibility index (Phi) is 4.91. The van der Waals surface area contributed by atoms with Crippen molar-refractivity contribution in [2.45, 2.75) is 0 Å². The molecule has 0 radical (unpaired) electrons. The minimum Gasteiger partial charge on any atom is -0.309 e. The highest BCUT2D eigenvalue weighted by molar-refractivity contribution is 6.10. The van der Waals surface area contributed by atoms with Crippen LogP contribution in [0.3, 0.4) is 0 Å². The Morgan fingerprint density at radius 2 is 0.953 bits per heavy atom. The van der Waals surface area contributed by atoms with Gasteiger partial charge in [0.2, 0.25) is 0 Å². The topological polar surface area (TPSA) is 43.6 Å². The molecule has 0 fully saturated rings. The minimum atomic E-state index is -0.469. The Labute approximate surface area is 256 Å². The predicted molar refractivity (Wildman–Crippen MR) is 176 cm³/mol. The second kappa shape index (κ2) is 10.5. The van der Waals surface area contributed by atoms with Crippen LogP contribution in [0.15, 0.2) is 158 Å². The van der Waals surface area contributed by atoms with Crippen molar-refractivity contribution >= 4 is 21.8 Å². The molecule has 0 spiro atoms. The third-order valence-corrected chi connectivity index (χ3v) is 7.55. The van der Waals surface area contributed by atoms with Crippen molar-refractivity contribution in [3.05, 3.63) is 158 Å². The number of hydrogen-bond donors (Lipinski definition) is 0. The van der Waals surface area contributed by atoms with Crippen molar-refractivity contribution in [3.63, 3.8) is 0 Å². The first-order chi connectivity index (χ1) is 23.4. The van der Waals surface area contributed by atoms with Crippen LogP contribution in [0.1, 0.15) is 6.85 Å². The summed E-state index contributed by atoms with van der Waals surface area (Å²) in [5.41, 5.74) is 6.78. The second-order valence-electron chi connectivity index (χ2n) is 10.2. The summed E-state index contributed by atoms with van der Waals surface area (Å²) in [4.78, 5) is 14.0. The third-order valence-electron chi connectivity index (χ3n) is 7.55. The highest BCUT2D eigenvalue weighted by Crippen LogP contribution is 2.35. The first-order valence-corrected chi connectivity index (χ1v) is 14.0. The summed E-state index contributed by atoms with van der Waals surface area (Å²) in [5, 5.41) is 2.31. The Morgan fingerprint density at radius 1 is 0.419 bits per heavy atom. The van der Waals surface area contributed by atoms with Crippen molar-refractivity contribution in [3.8, 4) is 51.0 Å². The molecule has 2 heterocycles.